The van der Waals surface area contributed by atoms with E-state index >= 15 is 0 Å². The van der Waals surface area contributed by atoms with Crippen LogP contribution in [0.15, 0.2) is 63.8 Å². The number of aryl methyl sites for hydroxylation is 1. The van der Waals surface area contributed by atoms with Crippen LogP contribution in [0.2, 0.25) is 0 Å². The van der Waals surface area contributed by atoms with Crippen molar-refractivity contribution in [3.05, 3.63) is 76.1 Å². The van der Waals surface area contributed by atoms with Crippen molar-refractivity contribution in [1.82, 2.24) is 21.3 Å². The molecule has 15 nitrogen and oxygen atoms in total. The minimum atomic E-state index is -1.08. The number of nitrogens with one attached hydrogen (secondary N) is 7. The summed E-state index contributed by atoms with van der Waals surface area (Å²) >= 11 is 0. The number of fused-ring (bicyclic) bond motifs is 1. The Labute approximate surface area is 259 Å². The van der Waals surface area contributed by atoms with E-state index < -0.39 is 35.6 Å². The average molecular weight is 622 g/mol. The molecule has 1 heterocycles. The van der Waals surface area contributed by atoms with Crippen LogP contribution in [0, 0.1) is 17.7 Å². The van der Waals surface area contributed by atoms with Gasteiger partial charge in [0.05, 0.1) is 0 Å². The van der Waals surface area contributed by atoms with Crippen molar-refractivity contribution in [2.45, 2.75) is 51.3 Å². The lowest BCUT2D eigenvalue weighted by Crippen LogP contribution is -2.53. The standard InChI is InChI=1S/C30H39N9O6/c1-18-15-25(40)45-24-16-20(11-12-21(18)24)37-26(41)22(9-5-13-35-28(31)32)38-27(42)23(10-6-14-36-29(33)34)39-30(43)44-17-19-7-3-2-4-8-19/h2-4,7-8,11-12,15-16,22-23H,5-6,9-10,13-14,17H2,1H3,(H,37,41)(H,38,42)(H,39,43)(H4,31,32,35)(H4,33,34,36)/t22-,23-/m0/s1. The minimum Gasteiger partial charge on any atom is -0.445 e. The molecular weight excluding hydrogens is 582 g/mol. The Morgan fingerprint density at radius 2 is 1.49 bits per heavy atom. The van der Waals surface area contributed by atoms with Gasteiger partial charge < -0.3 is 47.2 Å². The Balaban J connectivity index is 1.74. The number of anilines is 1. The highest BCUT2D eigenvalue weighted by atomic mass is 16.5. The number of hydrogen-bond donors (Lipinski definition) is 9. The quantitative estimate of drug-likeness (QED) is 0.0510. The lowest BCUT2D eigenvalue weighted by atomic mass is 10.1. The summed E-state index contributed by atoms with van der Waals surface area (Å²) in [5.74, 6) is -1.64. The van der Waals surface area contributed by atoms with E-state index in [-0.39, 0.29) is 44.5 Å². The van der Waals surface area contributed by atoms with Gasteiger partial charge in [-0.1, -0.05) is 30.3 Å². The van der Waals surface area contributed by atoms with Crippen LogP contribution in [-0.2, 0) is 20.9 Å². The van der Waals surface area contributed by atoms with Crippen molar-refractivity contribution >= 4 is 46.5 Å². The normalized spacial score (nSPS) is 11.9. The Morgan fingerprint density at radius 3 is 2.11 bits per heavy atom. The maximum atomic E-state index is 13.5. The van der Waals surface area contributed by atoms with E-state index in [0.29, 0.717) is 29.5 Å². The van der Waals surface area contributed by atoms with Crippen LogP contribution < -0.4 is 43.7 Å². The smallest absolute Gasteiger partial charge is 0.408 e. The topological polar surface area (TPSA) is 251 Å². The number of alkyl carbamates (subject to hydrolysis) is 1. The maximum absolute atomic E-state index is 13.5. The fraction of sp³-hybridized carbons (Fsp3) is 0.333. The number of carbonyl (C=O) groups is 3. The second kappa shape index (κ2) is 16.9. The molecule has 0 bridgehead atoms. The molecule has 0 saturated carbocycles. The predicted octanol–water partition coefficient (Wildman–Crippen LogP) is 1.35. The molecule has 15 heteroatoms. The molecule has 0 unspecified atom stereocenters. The molecule has 2 atom stereocenters. The number of amides is 3. The maximum Gasteiger partial charge on any atom is 0.408 e. The van der Waals surface area contributed by atoms with Crippen LogP contribution >= 0.6 is 0 Å². The van der Waals surface area contributed by atoms with Crippen molar-refractivity contribution in [3.8, 4) is 0 Å². The molecule has 2 aromatic carbocycles. The van der Waals surface area contributed by atoms with Crippen molar-refractivity contribution in [1.29, 1.82) is 10.8 Å². The zero-order valence-corrected chi connectivity index (χ0v) is 24.9. The van der Waals surface area contributed by atoms with Gasteiger partial charge in [-0.3, -0.25) is 20.4 Å². The summed E-state index contributed by atoms with van der Waals surface area (Å²) in [6.45, 7) is 2.32. The monoisotopic (exact) mass is 621 g/mol. The predicted molar refractivity (Wildman–Crippen MR) is 170 cm³/mol. The molecule has 0 aliphatic carbocycles. The summed E-state index contributed by atoms with van der Waals surface area (Å²) in [7, 11) is 0. The van der Waals surface area contributed by atoms with Crippen LogP contribution in [0.3, 0.4) is 0 Å². The lowest BCUT2D eigenvalue weighted by Gasteiger charge is -2.23. The fourth-order valence-electron chi connectivity index (χ4n) is 4.41. The van der Waals surface area contributed by atoms with Crippen LogP contribution in [0.25, 0.3) is 11.0 Å². The summed E-state index contributed by atoms with van der Waals surface area (Å²) in [5, 5.41) is 28.7. The molecule has 1 aromatic heterocycles. The molecule has 0 aliphatic heterocycles. The highest BCUT2D eigenvalue weighted by Crippen LogP contribution is 2.21. The van der Waals surface area contributed by atoms with Gasteiger partial charge in [-0.25, -0.2) is 9.59 Å². The average Bonchev–Trinajstić information content (AvgIpc) is 2.99. The van der Waals surface area contributed by atoms with Gasteiger partial charge in [-0.2, -0.15) is 0 Å². The summed E-state index contributed by atoms with van der Waals surface area (Å²) in [6.07, 6.45) is 0.214. The molecule has 45 heavy (non-hydrogen) atoms. The van der Waals surface area contributed by atoms with Gasteiger partial charge in [0.15, 0.2) is 11.9 Å². The molecule has 3 rings (SSSR count). The van der Waals surface area contributed by atoms with E-state index in [1.807, 2.05) is 6.07 Å². The molecule has 3 aromatic rings. The number of carbonyl (C=O) groups excluding carboxylic acids is 3. The van der Waals surface area contributed by atoms with E-state index in [0.717, 1.165) is 11.1 Å². The molecule has 3 amide bonds. The summed E-state index contributed by atoms with van der Waals surface area (Å²) in [6, 6.07) is 13.2. The van der Waals surface area contributed by atoms with E-state index in [2.05, 4.69) is 26.6 Å². The van der Waals surface area contributed by atoms with E-state index in [4.69, 9.17) is 31.4 Å². The third kappa shape index (κ3) is 11.5. The molecule has 0 aliphatic rings. The zero-order valence-electron chi connectivity index (χ0n) is 24.9. The Bertz CT molecular complexity index is 1560. The van der Waals surface area contributed by atoms with E-state index in [1.165, 1.54) is 12.1 Å². The first kappa shape index (κ1) is 33.9. The summed E-state index contributed by atoms with van der Waals surface area (Å²) in [5.41, 5.74) is 12.3. The number of benzene rings is 2. The number of ether oxygens (including phenoxy) is 1. The van der Waals surface area contributed by atoms with Crippen LogP contribution in [0.1, 0.15) is 36.8 Å². The Morgan fingerprint density at radius 1 is 0.867 bits per heavy atom. The van der Waals surface area contributed by atoms with Gasteiger partial charge in [0.2, 0.25) is 11.8 Å². The van der Waals surface area contributed by atoms with Gasteiger partial charge in [-0.15, -0.1) is 0 Å². The van der Waals surface area contributed by atoms with Crippen LogP contribution in [0.4, 0.5) is 10.5 Å². The van der Waals surface area contributed by atoms with Crippen molar-refractivity contribution in [3.63, 3.8) is 0 Å². The highest BCUT2D eigenvalue weighted by molar-refractivity contribution is 5.99. The van der Waals surface area contributed by atoms with Crippen molar-refractivity contribution < 1.29 is 23.5 Å². The van der Waals surface area contributed by atoms with Gasteiger partial charge in [0, 0.05) is 36.3 Å². The number of rotatable bonds is 15. The Hall–Kier alpha value is -5.60. The first-order valence-electron chi connectivity index (χ1n) is 14.3. The largest absolute Gasteiger partial charge is 0.445 e. The van der Waals surface area contributed by atoms with Crippen LogP contribution in [0.5, 0.6) is 0 Å². The van der Waals surface area contributed by atoms with Gasteiger partial charge in [0.1, 0.15) is 24.3 Å². The Kier molecular flexibility index (Phi) is 12.7. The first-order chi connectivity index (χ1) is 21.5. The molecule has 0 saturated heterocycles. The first-order valence-corrected chi connectivity index (χ1v) is 14.3. The second-order valence-corrected chi connectivity index (χ2v) is 10.2. The van der Waals surface area contributed by atoms with Crippen molar-refractivity contribution in [2.24, 2.45) is 11.5 Å². The highest BCUT2D eigenvalue weighted by Gasteiger charge is 2.27. The van der Waals surface area contributed by atoms with Crippen LogP contribution in [-0.4, -0.2) is 55.0 Å². The number of hydrogen-bond acceptors (Lipinski definition) is 8. The zero-order chi connectivity index (χ0) is 32.8. The van der Waals surface area contributed by atoms with Gasteiger partial charge >= 0.3 is 11.7 Å². The van der Waals surface area contributed by atoms with Gasteiger partial charge in [0.25, 0.3) is 0 Å². The third-order valence-electron chi connectivity index (χ3n) is 6.64. The number of nitrogens with two attached hydrogens (primary N) is 2. The third-order valence-corrected chi connectivity index (χ3v) is 6.64. The molecule has 0 radical (unpaired) electrons. The van der Waals surface area contributed by atoms with Gasteiger partial charge in [-0.05, 0) is 55.9 Å². The lowest BCUT2D eigenvalue weighted by molar-refractivity contribution is -0.128. The minimum absolute atomic E-state index is 0.00745. The molecule has 0 spiro atoms. The summed E-state index contributed by atoms with van der Waals surface area (Å²) in [4.78, 5) is 51.4. The molecule has 0 fully saturated rings. The second-order valence-electron chi connectivity index (χ2n) is 10.2. The number of guanidine groups is 2. The fourth-order valence-corrected chi connectivity index (χ4v) is 4.41. The SMILES string of the molecule is Cc1cc(=O)oc2cc(NC(=O)[C@H](CCCNC(=N)N)NC(=O)[C@H](CCCNC(=N)N)NC(=O)OCc3ccccc3)ccc12. The summed E-state index contributed by atoms with van der Waals surface area (Å²) < 4.78 is 10.6. The molecule has 11 N–H and O–H groups in total. The van der Waals surface area contributed by atoms with E-state index in [9.17, 15) is 19.2 Å². The van der Waals surface area contributed by atoms with E-state index in [1.54, 1.807) is 43.3 Å². The van der Waals surface area contributed by atoms with Crippen molar-refractivity contribution in [2.75, 3.05) is 18.4 Å². The molecule has 240 valence electrons. The molecular formula is C30H39N9O6.